The Hall–Kier alpha value is -3.05. The molecule has 2 atom stereocenters. The minimum absolute atomic E-state index is 0.00636. The molecule has 11 heteroatoms. The van der Waals surface area contributed by atoms with Crippen molar-refractivity contribution in [3.8, 4) is 11.5 Å². The molecule has 0 aromatic heterocycles. The molecular formula is C29H31F6NO3S. The van der Waals surface area contributed by atoms with Crippen LogP contribution in [-0.4, -0.2) is 27.6 Å². The summed E-state index contributed by atoms with van der Waals surface area (Å²) in [6.07, 6.45) is -9.45. The van der Waals surface area contributed by atoms with Gasteiger partial charge in [-0.2, -0.15) is 17.6 Å². The summed E-state index contributed by atoms with van der Waals surface area (Å²) in [4.78, 5) is 0. The summed E-state index contributed by atoms with van der Waals surface area (Å²) in [6.45, 7) is 6.62. The molecular weight excluding hydrogens is 556 g/mol. The molecule has 0 bridgehead atoms. The van der Waals surface area contributed by atoms with E-state index in [0.29, 0.717) is 11.6 Å². The predicted molar refractivity (Wildman–Crippen MR) is 142 cm³/mol. The van der Waals surface area contributed by atoms with Gasteiger partial charge in [-0.15, -0.1) is 0 Å². The molecule has 0 radical (unpaired) electrons. The van der Waals surface area contributed by atoms with E-state index in [0.717, 1.165) is 12.1 Å². The molecule has 3 aromatic carbocycles. The van der Waals surface area contributed by atoms with Gasteiger partial charge in [0.25, 0.3) is 0 Å². The molecule has 0 aliphatic carbocycles. The van der Waals surface area contributed by atoms with Crippen LogP contribution in [0.25, 0.3) is 0 Å². The SMILES string of the molecule is CC(C)Oc1ccc([C@](Cc2ccccc2)(CC(C)(C)S(N)=O)c2cc(F)cc(OC(F)(F)C(F)F)c2)cc1F. The van der Waals surface area contributed by atoms with Crippen LogP contribution in [0.4, 0.5) is 26.3 Å². The van der Waals surface area contributed by atoms with Gasteiger partial charge in [0.1, 0.15) is 11.6 Å². The van der Waals surface area contributed by atoms with Crippen LogP contribution in [-0.2, 0) is 22.8 Å². The van der Waals surface area contributed by atoms with Crippen LogP contribution in [0.1, 0.15) is 50.8 Å². The second-order valence-corrected chi connectivity index (χ2v) is 12.1. The molecule has 0 heterocycles. The van der Waals surface area contributed by atoms with E-state index in [1.54, 1.807) is 64.1 Å². The third kappa shape index (κ3) is 7.37. The molecule has 40 heavy (non-hydrogen) atoms. The Balaban J connectivity index is 2.35. The first-order chi connectivity index (χ1) is 18.6. The lowest BCUT2D eigenvalue weighted by atomic mass is 9.66. The molecule has 0 amide bonds. The molecule has 0 saturated carbocycles. The van der Waals surface area contributed by atoms with Crippen molar-refractivity contribution in [1.82, 2.24) is 0 Å². The van der Waals surface area contributed by atoms with Gasteiger partial charge in [-0.25, -0.2) is 13.0 Å². The Kier molecular flexibility index (Phi) is 9.62. The zero-order chi connectivity index (χ0) is 29.9. The van der Waals surface area contributed by atoms with E-state index >= 15 is 4.39 Å². The van der Waals surface area contributed by atoms with Crippen LogP contribution in [0.5, 0.6) is 11.5 Å². The molecule has 0 spiro atoms. The highest BCUT2D eigenvalue weighted by molar-refractivity contribution is 7.84. The lowest BCUT2D eigenvalue weighted by Gasteiger charge is -2.41. The quantitative estimate of drug-likeness (QED) is 0.226. The fraction of sp³-hybridized carbons (Fsp3) is 0.379. The van der Waals surface area contributed by atoms with Gasteiger partial charge in [-0.05, 0) is 81.5 Å². The average Bonchev–Trinajstić information content (AvgIpc) is 2.84. The maximum atomic E-state index is 15.4. The normalized spacial score (nSPS) is 14.7. The molecule has 4 nitrogen and oxygen atoms in total. The van der Waals surface area contributed by atoms with Crippen molar-refractivity contribution < 1.29 is 40.0 Å². The van der Waals surface area contributed by atoms with E-state index in [9.17, 15) is 26.2 Å². The van der Waals surface area contributed by atoms with Crippen molar-refractivity contribution in [2.75, 3.05) is 0 Å². The van der Waals surface area contributed by atoms with Gasteiger partial charge in [0.2, 0.25) is 0 Å². The van der Waals surface area contributed by atoms with Gasteiger partial charge in [0.15, 0.2) is 11.6 Å². The van der Waals surface area contributed by atoms with Gasteiger partial charge in [0.05, 0.1) is 21.8 Å². The molecule has 0 aliphatic rings. The molecule has 1 unspecified atom stereocenters. The second kappa shape index (κ2) is 12.2. The molecule has 2 N–H and O–H groups in total. The first-order valence-electron chi connectivity index (χ1n) is 12.4. The minimum Gasteiger partial charge on any atom is -0.488 e. The van der Waals surface area contributed by atoms with E-state index in [2.05, 4.69) is 4.74 Å². The van der Waals surface area contributed by atoms with E-state index in [4.69, 9.17) is 9.88 Å². The maximum absolute atomic E-state index is 15.4. The Morgan fingerprint density at radius 3 is 2.12 bits per heavy atom. The largest absolute Gasteiger partial charge is 0.488 e. The van der Waals surface area contributed by atoms with Crippen LogP contribution in [0, 0.1) is 11.6 Å². The average molecular weight is 588 g/mol. The zero-order valence-corrected chi connectivity index (χ0v) is 23.2. The van der Waals surface area contributed by atoms with Gasteiger partial charge >= 0.3 is 12.5 Å². The number of hydrogen-bond donors (Lipinski definition) is 1. The Morgan fingerprint density at radius 2 is 1.57 bits per heavy atom. The van der Waals surface area contributed by atoms with Crippen LogP contribution >= 0.6 is 0 Å². The van der Waals surface area contributed by atoms with Crippen molar-refractivity contribution in [2.24, 2.45) is 5.14 Å². The maximum Gasteiger partial charge on any atom is 0.461 e. The number of alkyl halides is 4. The summed E-state index contributed by atoms with van der Waals surface area (Å²) in [7, 11) is -1.94. The topological polar surface area (TPSA) is 61.5 Å². The Morgan fingerprint density at radius 1 is 0.925 bits per heavy atom. The number of hydrogen-bond acceptors (Lipinski definition) is 3. The molecule has 218 valence electrons. The molecule has 0 saturated heterocycles. The monoisotopic (exact) mass is 587 g/mol. The summed E-state index contributed by atoms with van der Waals surface area (Å²) in [6, 6.07) is 15.5. The van der Waals surface area contributed by atoms with Gasteiger partial charge in [-0.3, -0.25) is 5.14 Å². The van der Waals surface area contributed by atoms with Gasteiger partial charge < -0.3 is 9.47 Å². The first-order valence-corrected chi connectivity index (χ1v) is 13.6. The van der Waals surface area contributed by atoms with Gasteiger partial charge in [0, 0.05) is 11.5 Å². The van der Waals surface area contributed by atoms with E-state index in [1.165, 1.54) is 12.1 Å². The van der Waals surface area contributed by atoms with E-state index in [-0.39, 0.29) is 35.8 Å². The number of nitrogens with two attached hydrogens (primary N) is 1. The van der Waals surface area contributed by atoms with E-state index < -0.39 is 51.1 Å². The van der Waals surface area contributed by atoms with Crippen LogP contribution < -0.4 is 14.6 Å². The minimum atomic E-state index is -4.90. The number of rotatable bonds is 12. The highest BCUT2D eigenvalue weighted by atomic mass is 32.2. The highest BCUT2D eigenvalue weighted by Gasteiger charge is 2.46. The summed E-state index contributed by atoms with van der Waals surface area (Å²) in [5.41, 5.74) is -0.488. The molecule has 3 aromatic rings. The Labute approximate surface area is 232 Å². The van der Waals surface area contributed by atoms with Gasteiger partial charge in [-0.1, -0.05) is 36.4 Å². The van der Waals surface area contributed by atoms with Crippen LogP contribution in [0.2, 0.25) is 0 Å². The molecule has 0 fully saturated rings. The van der Waals surface area contributed by atoms with Crippen LogP contribution in [0.3, 0.4) is 0 Å². The Bertz CT molecular complexity index is 1340. The third-order valence-corrected chi connectivity index (χ3v) is 7.63. The summed E-state index contributed by atoms with van der Waals surface area (Å²) in [5, 5.41) is 5.81. The molecule has 0 aliphatic heterocycles. The molecule has 3 rings (SSSR count). The second-order valence-electron chi connectivity index (χ2n) is 10.4. The standard InChI is InChI=1S/C29H31F6NO3S/c1-18(2)38-25-11-10-20(14-24(25)31)28(17-27(3,4)40(36)37,16-19-8-6-5-7-9-19)21-12-22(30)15-23(13-21)39-29(34,35)26(32)33/h5-15,18,26H,16-17,36H2,1-4H3/t28-,40?/m0/s1. The third-order valence-electron chi connectivity index (χ3n) is 6.40. The number of benzene rings is 3. The number of ether oxygens (including phenoxy) is 2. The van der Waals surface area contributed by atoms with Crippen molar-refractivity contribution in [3.63, 3.8) is 0 Å². The lowest BCUT2D eigenvalue weighted by Crippen LogP contribution is -2.43. The fourth-order valence-electron chi connectivity index (χ4n) is 4.63. The van der Waals surface area contributed by atoms with Crippen molar-refractivity contribution in [1.29, 1.82) is 0 Å². The summed E-state index contributed by atoms with van der Waals surface area (Å²) >= 11 is 0. The highest BCUT2D eigenvalue weighted by Crippen LogP contribution is 2.46. The van der Waals surface area contributed by atoms with E-state index in [1.807, 2.05) is 0 Å². The van der Waals surface area contributed by atoms with Crippen molar-refractivity contribution in [3.05, 3.63) is 95.1 Å². The predicted octanol–water partition coefficient (Wildman–Crippen LogP) is 7.31. The number of halogens is 6. The summed E-state index contributed by atoms with van der Waals surface area (Å²) < 4.78 is 105. The van der Waals surface area contributed by atoms with Crippen LogP contribution in [0.15, 0.2) is 66.7 Å². The fourth-order valence-corrected chi connectivity index (χ4v) is 5.02. The lowest BCUT2D eigenvalue weighted by molar-refractivity contribution is -0.253. The van der Waals surface area contributed by atoms with Crippen molar-refractivity contribution in [2.45, 2.75) is 69.3 Å². The smallest absolute Gasteiger partial charge is 0.461 e. The first kappa shape index (κ1) is 31.5. The zero-order valence-electron chi connectivity index (χ0n) is 22.4. The summed E-state index contributed by atoms with van der Waals surface area (Å²) in [5.74, 6) is -2.70. The van der Waals surface area contributed by atoms with Crippen molar-refractivity contribution >= 4 is 11.0 Å².